The summed E-state index contributed by atoms with van der Waals surface area (Å²) in [6.07, 6.45) is 0.646. The number of aliphatic imine (C=N–C) groups is 1. The van der Waals surface area contributed by atoms with Crippen LogP contribution in [-0.2, 0) is 0 Å². The lowest BCUT2D eigenvalue weighted by molar-refractivity contribution is 0.415. The highest BCUT2D eigenvalue weighted by atomic mass is 35.6. The standard InChI is InChI=1S/C5H7Cl3N2S/c1-2-4(5(6,7)8)9-3-11-10-4/h3,10H,2H2,1H3. The van der Waals surface area contributed by atoms with Crippen molar-refractivity contribution in [1.29, 1.82) is 0 Å². The molecular weight excluding hydrogens is 226 g/mol. The lowest BCUT2D eigenvalue weighted by atomic mass is 10.1. The third-order valence-electron chi connectivity index (χ3n) is 1.53. The van der Waals surface area contributed by atoms with Crippen molar-refractivity contribution in [2.75, 3.05) is 0 Å². The van der Waals surface area contributed by atoms with E-state index in [-0.39, 0.29) is 0 Å². The molecule has 11 heavy (non-hydrogen) atoms. The maximum Gasteiger partial charge on any atom is 0.229 e. The van der Waals surface area contributed by atoms with Gasteiger partial charge >= 0.3 is 0 Å². The quantitative estimate of drug-likeness (QED) is 0.556. The van der Waals surface area contributed by atoms with Gasteiger partial charge in [-0.1, -0.05) is 41.7 Å². The minimum Gasteiger partial charge on any atom is -0.257 e. The Morgan fingerprint density at radius 1 is 1.64 bits per heavy atom. The number of halogens is 3. The van der Waals surface area contributed by atoms with Gasteiger partial charge in [-0.3, -0.25) is 4.99 Å². The third-order valence-corrected chi connectivity index (χ3v) is 3.14. The molecule has 0 saturated carbocycles. The molecule has 2 nitrogen and oxygen atoms in total. The van der Waals surface area contributed by atoms with Gasteiger partial charge in [0.25, 0.3) is 0 Å². The fourth-order valence-corrected chi connectivity index (χ4v) is 2.45. The number of hydrogen-bond donors (Lipinski definition) is 1. The van der Waals surface area contributed by atoms with E-state index < -0.39 is 9.46 Å². The Morgan fingerprint density at radius 3 is 2.45 bits per heavy atom. The van der Waals surface area contributed by atoms with Crippen LogP contribution >= 0.6 is 46.8 Å². The molecule has 0 saturated heterocycles. The number of rotatable bonds is 1. The Bertz CT molecular complexity index is 179. The normalized spacial score (nSPS) is 31.3. The van der Waals surface area contributed by atoms with Gasteiger partial charge in [0.1, 0.15) is 0 Å². The van der Waals surface area contributed by atoms with Crippen molar-refractivity contribution < 1.29 is 0 Å². The second-order valence-corrected chi connectivity index (χ2v) is 5.10. The molecule has 1 unspecified atom stereocenters. The summed E-state index contributed by atoms with van der Waals surface area (Å²) in [6.45, 7) is 1.91. The molecule has 0 aromatic heterocycles. The van der Waals surface area contributed by atoms with Gasteiger partial charge in [0.2, 0.25) is 3.79 Å². The highest BCUT2D eigenvalue weighted by Crippen LogP contribution is 2.43. The second kappa shape index (κ2) is 3.30. The molecule has 6 heteroatoms. The molecule has 0 aromatic rings. The van der Waals surface area contributed by atoms with Gasteiger partial charge in [0.05, 0.1) is 5.55 Å². The van der Waals surface area contributed by atoms with Crippen LogP contribution in [0.25, 0.3) is 0 Å². The van der Waals surface area contributed by atoms with Crippen LogP contribution in [0.2, 0.25) is 0 Å². The van der Waals surface area contributed by atoms with Crippen molar-refractivity contribution >= 4 is 52.3 Å². The van der Waals surface area contributed by atoms with Crippen molar-refractivity contribution in [1.82, 2.24) is 4.72 Å². The van der Waals surface area contributed by atoms with Crippen LogP contribution in [0.5, 0.6) is 0 Å². The zero-order valence-electron chi connectivity index (χ0n) is 5.77. The molecule has 0 spiro atoms. The Kier molecular flexibility index (Phi) is 2.98. The monoisotopic (exact) mass is 232 g/mol. The summed E-state index contributed by atoms with van der Waals surface area (Å²) in [5.41, 5.74) is 0.897. The first-order chi connectivity index (χ1) is 5.02. The van der Waals surface area contributed by atoms with E-state index in [1.165, 1.54) is 11.9 Å². The first kappa shape index (κ1) is 9.93. The Hall–Kier alpha value is 0.850. The van der Waals surface area contributed by atoms with Gasteiger partial charge < -0.3 is 0 Å². The highest BCUT2D eigenvalue weighted by Gasteiger charge is 2.48. The second-order valence-electron chi connectivity index (χ2n) is 2.17. The minimum absolute atomic E-state index is 0.646. The average molecular weight is 234 g/mol. The maximum atomic E-state index is 5.74. The molecule has 0 bridgehead atoms. The smallest absolute Gasteiger partial charge is 0.229 e. The fraction of sp³-hybridized carbons (Fsp3) is 0.800. The van der Waals surface area contributed by atoms with Gasteiger partial charge in [-0.05, 0) is 18.4 Å². The molecule has 1 atom stereocenters. The first-order valence-electron chi connectivity index (χ1n) is 3.05. The van der Waals surface area contributed by atoms with Gasteiger partial charge in [0, 0.05) is 0 Å². The number of hydrogen-bond acceptors (Lipinski definition) is 3. The van der Waals surface area contributed by atoms with Gasteiger partial charge in [-0.2, -0.15) is 0 Å². The predicted octanol–water partition coefficient (Wildman–Crippen LogP) is 2.74. The van der Waals surface area contributed by atoms with Crippen LogP contribution in [0.1, 0.15) is 13.3 Å². The molecule has 1 aliphatic heterocycles. The summed E-state index contributed by atoms with van der Waals surface area (Å²) in [5.74, 6) is 0. The topological polar surface area (TPSA) is 24.4 Å². The average Bonchev–Trinajstić information content (AvgIpc) is 2.33. The minimum atomic E-state index is -1.39. The van der Waals surface area contributed by atoms with Crippen LogP contribution in [0, 0.1) is 0 Å². The Morgan fingerprint density at radius 2 is 2.27 bits per heavy atom. The van der Waals surface area contributed by atoms with E-state index in [9.17, 15) is 0 Å². The number of nitrogens with zero attached hydrogens (tertiary/aromatic N) is 1. The van der Waals surface area contributed by atoms with Gasteiger partial charge in [0.15, 0.2) is 5.66 Å². The molecule has 0 amide bonds. The summed E-state index contributed by atoms with van der Waals surface area (Å²) < 4.78 is 1.57. The van der Waals surface area contributed by atoms with E-state index in [2.05, 4.69) is 9.71 Å². The fourth-order valence-electron chi connectivity index (χ4n) is 0.761. The molecule has 0 fully saturated rings. The Labute approximate surface area is 84.8 Å². The summed E-state index contributed by atoms with van der Waals surface area (Å²) >= 11 is 18.6. The predicted molar refractivity (Wildman–Crippen MR) is 52.5 cm³/mol. The summed E-state index contributed by atoms with van der Waals surface area (Å²) in [6, 6.07) is 0. The summed E-state index contributed by atoms with van der Waals surface area (Å²) in [5, 5.41) is 0. The Balaban J connectivity index is 2.84. The SMILES string of the molecule is CCC1(C(Cl)(Cl)Cl)N=CSN1. The van der Waals surface area contributed by atoms with Crippen LogP contribution in [0.15, 0.2) is 4.99 Å². The van der Waals surface area contributed by atoms with Crippen molar-refractivity contribution in [2.24, 2.45) is 4.99 Å². The van der Waals surface area contributed by atoms with E-state index in [1.807, 2.05) is 6.92 Å². The van der Waals surface area contributed by atoms with Crippen molar-refractivity contribution in [3.8, 4) is 0 Å². The third kappa shape index (κ3) is 1.78. The zero-order chi connectivity index (χ0) is 8.54. The van der Waals surface area contributed by atoms with Crippen LogP contribution in [0.4, 0.5) is 0 Å². The maximum absolute atomic E-state index is 5.74. The molecular formula is C5H7Cl3N2S. The molecule has 1 heterocycles. The highest BCUT2D eigenvalue weighted by molar-refractivity contribution is 8.10. The van der Waals surface area contributed by atoms with Crippen LogP contribution < -0.4 is 4.72 Å². The van der Waals surface area contributed by atoms with Crippen molar-refractivity contribution in [3.05, 3.63) is 0 Å². The first-order valence-corrected chi connectivity index (χ1v) is 5.06. The van der Waals surface area contributed by atoms with E-state index in [0.29, 0.717) is 6.42 Å². The van der Waals surface area contributed by atoms with Gasteiger partial charge in [-0.15, -0.1) is 0 Å². The van der Waals surface area contributed by atoms with Crippen LogP contribution in [0.3, 0.4) is 0 Å². The summed E-state index contributed by atoms with van der Waals surface area (Å²) in [4.78, 5) is 4.09. The van der Waals surface area contributed by atoms with E-state index in [1.54, 1.807) is 5.55 Å². The van der Waals surface area contributed by atoms with Crippen LogP contribution in [-0.4, -0.2) is 15.0 Å². The van der Waals surface area contributed by atoms with E-state index in [0.717, 1.165) is 0 Å². The van der Waals surface area contributed by atoms with Crippen molar-refractivity contribution in [3.63, 3.8) is 0 Å². The molecule has 0 aliphatic carbocycles. The van der Waals surface area contributed by atoms with E-state index in [4.69, 9.17) is 34.8 Å². The summed E-state index contributed by atoms with van der Waals surface area (Å²) in [7, 11) is 0. The molecule has 1 N–H and O–H groups in total. The molecule has 0 radical (unpaired) electrons. The molecule has 0 aromatic carbocycles. The molecule has 1 aliphatic rings. The molecule has 64 valence electrons. The molecule has 1 rings (SSSR count). The van der Waals surface area contributed by atoms with E-state index >= 15 is 0 Å². The number of nitrogens with one attached hydrogen (secondary N) is 1. The van der Waals surface area contributed by atoms with Gasteiger partial charge in [-0.25, -0.2) is 4.72 Å². The van der Waals surface area contributed by atoms with Crippen molar-refractivity contribution in [2.45, 2.75) is 22.8 Å². The largest absolute Gasteiger partial charge is 0.257 e. The lowest BCUT2D eigenvalue weighted by Gasteiger charge is -2.31. The number of alkyl halides is 3. The zero-order valence-corrected chi connectivity index (χ0v) is 8.86. The lowest BCUT2D eigenvalue weighted by Crippen LogP contribution is -2.47.